The molecule has 6 atom stereocenters. The number of fused-ring (bicyclic) bond motifs is 2. The third-order valence-corrected chi connectivity index (χ3v) is 8.38. The average molecular weight is 445 g/mol. The predicted molar refractivity (Wildman–Crippen MR) is 107 cm³/mol. The number of ether oxygens (including phenoxy) is 2. The van der Waals surface area contributed by atoms with Crippen LogP contribution in [0.4, 0.5) is 0 Å². The van der Waals surface area contributed by atoms with Crippen molar-refractivity contribution in [1.29, 1.82) is 0 Å². The Kier molecular flexibility index (Phi) is 5.97. The van der Waals surface area contributed by atoms with Gasteiger partial charge in [-0.3, -0.25) is 13.8 Å². The molecule has 0 N–H and O–H groups in total. The first-order valence-electron chi connectivity index (χ1n) is 10.4. The number of cyclic esters (lactones) is 1. The number of methoxy groups -OCH3 is 1. The second-order valence-corrected chi connectivity index (χ2v) is 11.6. The molecule has 1 unspecified atom stereocenters. The van der Waals surface area contributed by atoms with Crippen molar-refractivity contribution in [3.63, 3.8) is 0 Å². The number of carbonyl (C=O) groups is 3. The monoisotopic (exact) mass is 444 g/mol. The van der Waals surface area contributed by atoms with Crippen LogP contribution in [0.1, 0.15) is 52.9 Å². The maximum Gasteiger partial charge on any atom is 0.320 e. The zero-order valence-electron chi connectivity index (χ0n) is 18.3. The number of carbonyl (C=O) groups excluding carboxylic acids is 3. The van der Waals surface area contributed by atoms with Gasteiger partial charge in [0.15, 0.2) is 5.78 Å². The number of hydrogen-bond donors (Lipinski definition) is 0. The number of Topliss-reactive ketones (excluding diaryl/α,β-unsaturated/α-hetero) is 1. The fourth-order valence-electron chi connectivity index (χ4n) is 6.21. The van der Waals surface area contributed by atoms with Gasteiger partial charge in [0.2, 0.25) is 0 Å². The SMILES string of the molecule is COC(C)(C)[C@@H]1CC[C@@]2(C)C[C@@H]1C(=O)[C@]1(CC(COS(C)(=O)=O)OC1=O)[C@@H]2CC=O. The summed E-state index contributed by atoms with van der Waals surface area (Å²) in [7, 11) is -2.10. The molecule has 30 heavy (non-hydrogen) atoms. The molecule has 1 saturated heterocycles. The highest BCUT2D eigenvalue weighted by Crippen LogP contribution is 2.64. The van der Waals surface area contributed by atoms with E-state index in [1.807, 2.05) is 20.8 Å². The molecule has 3 rings (SSSR count). The van der Waals surface area contributed by atoms with Crippen molar-refractivity contribution in [1.82, 2.24) is 0 Å². The average Bonchev–Trinajstić information content (AvgIpc) is 2.99. The molecule has 3 aliphatic rings. The van der Waals surface area contributed by atoms with E-state index < -0.39 is 39.1 Å². The zero-order chi connectivity index (χ0) is 22.5. The van der Waals surface area contributed by atoms with Gasteiger partial charge in [0.1, 0.15) is 24.4 Å². The van der Waals surface area contributed by atoms with Gasteiger partial charge in [0.25, 0.3) is 10.1 Å². The predicted octanol–water partition coefficient (Wildman–Crippen LogP) is 1.90. The molecule has 1 aliphatic heterocycles. The summed E-state index contributed by atoms with van der Waals surface area (Å²) in [6, 6.07) is 0. The van der Waals surface area contributed by atoms with Crippen molar-refractivity contribution in [3.8, 4) is 0 Å². The first-order chi connectivity index (χ1) is 13.8. The molecule has 2 aliphatic carbocycles. The number of aldehydes is 1. The Morgan fingerprint density at radius 3 is 2.50 bits per heavy atom. The molecule has 0 radical (unpaired) electrons. The lowest BCUT2D eigenvalue weighted by atomic mass is 9.44. The van der Waals surface area contributed by atoms with Gasteiger partial charge >= 0.3 is 5.97 Å². The van der Waals surface area contributed by atoms with E-state index in [0.29, 0.717) is 6.42 Å². The highest BCUT2D eigenvalue weighted by molar-refractivity contribution is 7.85. The van der Waals surface area contributed by atoms with Gasteiger partial charge in [-0.15, -0.1) is 0 Å². The zero-order valence-corrected chi connectivity index (χ0v) is 19.1. The normalized spacial score (nSPS) is 39.2. The smallest absolute Gasteiger partial charge is 0.320 e. The molecule has 0 aromatic rings. The molecule has 2 saturated carbocycles. The second kappa shape index (κ2) is 7.67. The first-order valence-corrected chi connectivity index (χ1v) is 12.2. The summed E-state index contributed by atoms with van der Waals surface area (Å²) in [4.78, 5) is 38.6. The molecule has 9 heteroatoms. The summed E-state index contributed by atoms with van der Waals surface area (Å²) < 4.78 is 38.7. The molecule has 170 valence electrons. The Morgan fingerprint density at radius 2 is 1.93 bits per heavy atom. The molecule has 0 aromatic carbocycles. The van der Waals surface area contributed by atoms with Crippen LogP contribution < -0.4 is 0 Å². The third-order valence-electron chi connectivity index (χ3n) is 7.82. The van der Waals surface area contributed by atoms with Crippen LogP contribution in [0.15, 0.2) is 0 Å². The van der Waals surface area contributed by atoms with E-state index >= 15 is 0 Å². The lowest BCUT2D eigenvalue weighted by Gasteiger charge is -2.58. The quantitative estimate of drug-likeness (QED) is 0.253. The van der Waals surface area contributed by atoms with Gasteiger partial charge in [0.05, 0.1) is 11.9 Å². The summed E-state index contributed by atoms with van der Waals surface area (Å²) >= 11 is 0. The topological polar surface area (TPSA) is 113 Å². The van der Waals surface area contributed by atoms with E-state index in [0.717, 1.165) is 25.4 Å². The van der Waals surface area contributed by atoms with Crippen LogP contribution in [0, 0.1) is 28.6 Å². The van der Waals surface area contributed by atoms with Crippen LogP contribution in [0.2, 0.25) is 0 Å². The minimum Gasteiger partial charge on any atom is -0.459 e. The summed E-state index contributed by atoms with van der Waals surface area (Å²) in [5, 5.41) is 0. The van der Waals surface area contributed by atoms with E-state index in [9.17, 15) is 22.8 Å². The minimum atomic E-state index is -3.72. The highest BCUT2D eigenvalue weighted by atomic mass is 32.2. The molecular formula is C21H32O8S. The fourth-order valence-corrected chi connectivity index (χ4v) is 6.61. The molecule has 0 amide bonds. The lowest BCUT2D eigenvalue weighted by molar-refractivity contribution is -0.181. The van der Waals surface area contributed by atoms with Gasteiger partial charge in [-0.05, 0) is 50.4 Å². The lowest BCUT2D eigenvalue weighted by Crippen LogP contribution is -2.62. The number of esters is 1. The molecule has 8 nitrogen and oxygen atoms in total. The van der Waals surface area contributed by atoms with Crippen LogP contribution in [-0.4, -0.2) is 58.1 Å². The fraction of sp³-hybridized carbons (Fsp3) is 0.857. The third kappa shape index (κ3) is 3.73. The van der Waals surface area contributed by atoms with Crippen molar-refractivity contribution < 1.29 is 36.5 Å². The number of ketones is 1. The second-order valence-electron chi connectivity index (χ2n) is 9.93. The molecule has 1 heterocycles. The van der Waals surface area contributed by atoms with Gasteiger partial charge in [-0.1, -0.05) is 6.92 Å². The number of rotatable bonds is 7. The Hall–Kier alpha value is -1.32. The van der Waals surface area contributed by atoms with E-state index in [-0.39, 0.29) is 42.5 Å². The molecule has 3 fully saturated rings. The van der Waals surface area contributed by atoms with Crippen molar-refractivity contribution in [2.45, 2.75) is 64.6 Å². The summed E-state index contributed by atoms with van der Waals surface area (Å²) in [5.41, 5.74) is -2.36. The van der Waals surface area contributed by atoms with E-state index in [2.05, 4.69) is 0 Å². The summed E-state index contributed by atoms with van der Waals surface area (Å²) in [5.74, 6) is -1.78. The molecule has 0 aromatic heterocycles. The van der Waals surface area contributed by atoms with Gasteiger partial charge in [-0.25, -0.2) is 0 Å². The van der Waals surface area contributed by atoms with E-state index in [1.165, 1.54) is 0 Å². The van der Waals surface area contributed by atoms with Crippen LogP contribution in [0.3, 0.4) is 0 Å². The Balaban J connectivity index is 2.01. The Labute approximate surface area is 178 Å². The van der Waals surface area contributed by atoms with Gasteiger partial charge in [0, 0.05) is 25.9 Å². The molecular weight excluding hydrogens is 412 g/mol. The van der Waals surface area contributed by atoms with Crippen LogP contribution >= 0.6 is 0 Å². The van der Waals surface area contributed by atoms with E-state index in [1.54, 1.807) is 7.11 Å². The molecule has 2 bridgehead atoms. The van der Waals surface area contributed by atoms with Crippen LogP contribution in [-0.2, 0) is 38.2 Å². The first kappa shape index (κ1) is 23.3. The van der Waals surface area contributed by atoms with Crippen LogP contribution in [0.5, 0.6) is 0 Å². The summed E-state index contributed by atoms with van der Waals surface area (Å²) in [6.07, 6.45) is 3.10. The van der Waals surface area contributed by atoms with E-state index in [4.69, 9.17) is 13.7 Å². The maximum absolute atomic E-state index is 13.9. The van der Waals surface area contributed by atoms with Crippen LogP contribution in [0.25, 0.3) is 0 Å². The van der Waals surface area contributed by atoms with Crippen molar-refractivity contribution in [2.24, 2.45) is 28.6 Å². The minimum absolute atomic E-state index is 0.0327. The Bertz CT molecular complexity index is 834. The van der Waals surface area contributed by atoms with Crippen molar-refractivity contribution >= 4 is 28.2 Å². The van der Waals surface area contributed by atoms with Crippen molar-refractivity contribution in [2.75, 3.05) is 20.0 Å². The maximum atomic E-state index is 13.9. The summed E-state index contributed by atoms with van der Waals surface area (Å²) in [6.45, 7) is 5.62. The van der Waals surface area contributed by atoms with Gasteiger partial charge in [-0.2, -0.15) is 8.42 Å². The standard InChI is InChI=1S/C21H32O8S/c1-19(2,27-4)15-6-8-20(3)11-14(15)17(23)21(16(20)7-9-22)10-13(29-18(21)24)12-28-30(5,25)26/h9,13-16H,6-8,10-12H2,1-5H3/t13?,14-,15+,16+,20-,21-/m0/s1. The Morgan fingerprint density at radius 1 is 1.27 bits per heavy atom. The molecule has 1 spiro atoms. The number of hydrogen-bond acceptors (Lipinski definition) is 8. The van der Waals surface area contributed by atoms with Crippen molar-refractivity contribution in [3.05, 3.63) is 0 Å². The van der Waals surface area contributed by atoms with Gasteiger partial charge < -0.3 is 14.3 Å². The highest BCUT2D eigenvalue weighted by Gasteiger charge is 2.69. The largest absolute Gasteiger partial charge is 0.459 e.